The van der Waals surface area contributed by atoms with Gasteiger partial charge in [0.05, 0.1) is 24.1 Å². The van der Waals surface area contributed by atoms with Gasteiger partial charge in [-0.15, -0.1) is 11.3 Å². The van der Waals surface area contributed by atoms with Crippen LogP contribution in [0.4, 0.5) is 11.6 Å². The fraction of sp³-hybridized carbons (Fsp3) is 0.435. The van der Waals surface area contributed by atoms with Crippen molar-refractivity contribution in [3.63, 3.8) is 0 Å². The number of pyridine rings is 1. The Bertz CT molecular complexity index is 981. The molecule has 0 saturated carbocycles. The summed E-state index contributed by atoms with van der Waals surface area (Å²) in [4.78, 5) is 18.6. The Morgan fingerprint density at radius 3 is 2.77 bits per heavy atom. The molecule has 1 spiro atoms. The largest absolute Gasteiger partial charge is 0.370 e. The summed E-state index contributed by atoms with van der Waals surface area (Å²) in [6, 6.07) is 6.25. The number of piperidine rings is 1. The number of aromatic nitrogens is 3. The average molecular weight is 422 g/mol. The highest BCUT2D eigenvalue weighted by Crippen LogP contribution is 2.44. The van der Waals surface area contributed by atoms with Gasteiger partial charge in [-0.25, -0.2) is 9.97 Å². The van der Waals surface area contributed by atoms with Crippen LogP contribution in [0, 0.1) is 0 Å². The van der Waals surface area contributed by atoms with E-state index in [1.54, 1.807) is 17.3 Å². The predicted molar refractivity (Wildman–Crippen MR) is 119 cm³/mol. The average Bonchev–Trinajstić information content (AvgIpc) is 3.23. The van der Waals surface area contributed by atoms with E-state index in [4.69, 9.17) is 4.74 Å². The lowest BCUT2D eigenvalue weighted by Gasteiger charge is -2.44. The third-order valence-electron chi connectivity index (χ3n) is 6.10. The zero-order valence-electron chi connectivity index (χ0n) is 17.3. The van der Waals surface area contributed by atoms with Gasteiger partial charge in [0.1, 0.15) is 0 Å². The summed E-state index contributed by atoms with van der Waals surface area (Å²) >= 11 is 1.99. The Hall–Kier alpha value is -2.35. The minimum Gasteiger partial charge on any atom is -0.370 e. The summed E-state index contributed by atoms with van der Waals surface area (Å²) in [6.45, 7) is 6.04. The smallest absolute Gasteiger partial charge is 0.227 e. The molecule has 30 heavy (non-hydrogen) atoms. The van der Waals surface area contributed by atoms with Gasteiger partial charge in [-0.3, -0.25) is 9.88 Å². The Morgan fingerprint density at radius 1 is 1.20 bits per heavy atom. The van der Waals surface area contributed by atoms with Gasteiger partial charge in [-0.1, -0.05) is 6.92 Å². The molecular weight excluding hydrogens is 394 g/mol. The maximum atomic E-state index is 6.40. The first-order valence-corrected chi connectivity index (χ1v) is 11.5. The van der Waals surface area contributed by atoms with Crippen LogP contribution in [-0.2, 0) is 29.7 Å². The molecule has 5 rings (SSSR count). The molecule has 2 aliphatic rings. The molecule has 3 aromatic heterocycles. The number of likely N-dealkylation sites (tertiary alicyclic amines) is 1. The molecule has 156 valence electrons. The molecular formula is C23H27N5OS. The second kappa shape index (κ2) is 8.41. The molecule has 1 N–H and O–H groups in total. The number of ether oxygens (including phenoxy) is 1. The molecule has 6 nitrogen and oxygen atoms in total. The van der Waals surface area contributed by atoms with Crippen LogP contribution in [-0.4, -0.2) is 39.5 Å². The van der Waals surface area contributed by atoms with E-state index >= 15 is 0 Å². The molecule has 1 saturated heterocycles. The summed E-state index contributed by atoms with van der Waals surface area (Å²) in [5.41, 5.74) is 3.43. The molecule has 7 heteroatoms. The molecule has 0 unspecified atom stereocenters. The third kappa shape index (κ3) is 3.97. The maximum absolute atomic E-state index is 6.40. The summed E-state index contributed by atoms with van der Waals surface area (Å²) in [5, 5.41) is 3.18. The van der Waals surface area contributed by atoms with Crippen LogP contribution in [0.1, 0.15) is 40.6 Å². The fourth-order valence-electron chi connectivity index (χ4n) is 4.46. The van der Waals surface area contributed by atoms with Crippen molar-refractivity contribution < 1.29 is 4.74 Å². The van der Waals surface area contributed by atoms with Crippen molar-refractivity contribution in [2.45, 2.75) is 44.8 Å². The van der Waals surface area contributed by atoms with E-state index in [1.165, 1.54) is 10.4 Å². The van der Waals surface area contributed by atoms with Gasteiger partial charge in [-0.05, 0) is 43.0 Å². The van der Waals surface area contributed by atoms with Crippen molar-refractivity contribution in [1.29, 1.82) is 0 Å². The molecule has 3 aromatic rings. The van der Waals surface area contributed by atoms with Gasteiger partial charge >= 0.3 is 0 Å². The quantitative estimate of drug-likeness (QED) is 0.663. The third-order valence-corrected chi connectivity index (χ3v) is 7.44. The number of anilines is 2. The predicted octanol–water partition coefficient (Wildman–Crippen LogP) is 4.30. The van der Waals surface area contributed by atoms with E-state index in [2.05, 4.69) is 38.2 Å². The van der Waals surface area contributed by atoms with E-state index in [9.17, 15) is 0 Å². The molecule has 0 amide bonds. The molecule has 5 heterocycles. The van der Waals surface area contributed by atoms with Crippen molar-refractivity contribution >= 4 is 23.0 Å². The normalized spacial score (nSPS) is 18.3. The first kappa shape index (κ1) is 19.6. The van der Waals surface area contributed by atoms with Crippen LogP contribution in [0.2, 0.25) is 0 Å². The second-order valence-corrected chi connectivity index (χ2v) is 9.27. The lowest BCUT2D eigenvalue weighted by atomic mass is 9.82. The zero-order chi connectivity index (χ0) is 20.4. The fourth-order valence-corrected chi connectivity index (χ4v) is 5.64. The SMILES string of the molecule is CCc1cc2c(s1)CCOC21CCN(Cc2cnc(Nc3cccnc3)nc2)CC1. The lowest BCUT2D eigenvalue weighted by Crippen LogP contribution is -2.45. The number of aryl methyl sites for hydroxylation is 1. The first-order valence-electron chi connectivity index (χ1n) is 10.7. The summed E-state index contributed by atoms with van der Waals surface area (Å²) in [5.74, 6) is 0.594. The molecule has 0 atom stereocenters. The van der Waals surface area contributed by atoms with Crippen molar-refractivity contribution in [2.24, 2.45) is 0 Å². The number of nitrogens with one attached hydrogen (secondary N) is 1. The zero-order valence-corrected chi connectivity index (χ0v) is 18.1. The molecule has 1 fully saturated rings. The number of nitrogens with zero attached hydrogens (tertiary/aromatic N) is 4. The van der Waals surface area contributed by atoms with E-state index < -0.39 is 0 Å². The van der Waals surface area contributed by atoms with Crippen LogP contribution < -0.4 is 5.32 Å². The molecule has 0 bridgehead atoms. The van der Waals surface area contributed by atoms with Crippen LogP contribution in [0.3, 0.4) is 0 Å². The number of hydrogen-bond acceptors (Lipinski definition) is 7. The Balaban J connectivity index is 1.20. The van der Waals surface area contributed by atoms with E-state index in [0.29, 0.717) is 5.95 Å². The Kier molecular flexibility index (Phi) is 5.50. The number of fused-ring (bicyclic) bond motifs is 2. The van der Waals surface area contributed by atoms with Crippen LogP contribution >= 0.6 is 11.3 Å². The summed E-state index contributed by atoms with van der Waals surface area (Å²) in [7, 11) is 0. The summed E-state index contributed by atoms with van der Waals surface area (Å²) in [6.07, 6.45) is 11.6. The van der Waals surface area contributed by atoms with Gasteiger partial charge in [0.2, 0.25) is 5.95 Å². The van der Waals surface area contributed by atoms with E-state index in [1.807, 2.05) is 35.9 Å². The Morgan fingerprint density at radius 2 is 2.03 bits per heavy atom. The van der Waals surface area contributed by atoms with Gasteiger partial charge in [0.25, 0.3) is 0 Å². The summed E-state index contributed by atoms with van der Waals surface area (Å²) < 4.78 is 6.40. The number of hydrogen-bond donors (Lipinski definition) is 1. The van der Waals surface area contributed by atoms with Crippen molar-refractivity contribution in [1.82, 2.24) is 19.9 Å². The molecule has 2 aliphatic heterocycles. The minimum atomic E-state index is -0.0675. The standard InChI is InChI=1S/C23H27N5OS/c1-2-19-12-20-21(30-19)5-11-29-23(20)6-9-28(10-7-23)16-17-13-25-22(26-14-17)27-18-4-3-8-24-15-18/h3-4,8,12-15H,2,5-7,9-11,16H2,1H3,(H,25,26,27). The molecule has 0 aliphatic carbocycles. The Labute approximate surface area is 181 Å². The highest BCUT2D eigenvalue weighted by atomic mass is 32.1. The lowest BCUT2D eigenvalue weighted by molar-refractivity contribution is -0.0981. The van der Waals surface area contributed by atoms with Crippen LogP contribution in [0.25, 0.3) is 0 Å². The molecule has 0 aromatic carbocycles. The van der Waals surface area contributed by atoms with E-state index in [0.717, 1.165) is 63.2 Å². The van der Waals surface area contributed by atoms with Crippen LogP contribution in [0.5, 0.6) is 0 Å². The van der Waals surface area contributed by atoms with Gasteiger partial charge in [0.15, 0.2) is 0 Å². The molecule has 0 radical (unpaired) electrons. The maximum Gasteiger partial charge on any atom is 0.227 e. The monoisotopic (exact) mass is 421 g/mol. The first-order chi connectivity index (χ1) is 14.7. The second-order valence-electron chi connectivity index (χ2n) is 8.05. The van der Waals surface area contributed by atoms with Crippen molar-refractivity contribution in [3.05, 3.63) is 63.9 Å². The van der Waals surface area contributed by atoms with Crippen molar-refractivity contribution in [2.75, 3.05) is 25.0 Å². The van der Waals surface area contributed by atoms with E-state index in [-0.39, 0.29) is 5.60 Å². The number of thiophene rings is 1. The number of rotatable bonds is 5. The van der Waals surface area contributed by atoms with Gasteiger partial charge < -0.3 is 10.1 Å². The van der Waals surface area contributed by atoms with Crippen molar-refractivity contribution in [3.8, 4) is 0 Å². The van der Waals surface area contributed by atoms with Gasteiger partial charge in [-0.2, -0.15) is 0 Å². The van der Waals surface area contributed by atoms with Gasteiger partial charge in [0, 0.05) is 60.0 Å². The topological polar surface area (TPSA) is 63.2 Å². The highest BCUT2D eigenvalue weighted by molar-refractivity contribution is 7.12. The highest BCUT2D eigenvalue weighted by Gasteiger charge is 2.41. The van der Waals surface area contributed by atoms with Crippen LogP contribution in [0.15, 0.2) is 43.0 Å². The minimum absolute atomic E-state index is 0.0675.